The molecule has 1 N–H and O–H groups in total. The molecule has 5 aromatic rings. The smallest absolute Gasteiger partial charge is 0.179 e. The highest BCUT2D eigenvalue weighted by molar-refractivity contribution is 6.51. The Morgan fingerprint density at radius 1 is 0.775 bits per heavy atom. The summed E-state index contributed by atoms with van der Waals surface area (Å²) >= 11 is 19.1. The number of hydrogen-bond acceptors (Lipinski definition) is 5. The van der Waals surface area contributed by atoms with Crippen LogP contribution in [0.3, 0.4) is 0 Å². The second-order valence-corrected chi connectivity index (χ2v) is 10.8. The SMILES string of the molecule is Cc1nn(-c2ccccc2)c2c1[C@H](c1ccc(Cl)c(Cl)c1)N1C(=N2)C(Nc2ccc(Cl)cc2)=Nc2ccccc21. The summed E-state index contributed by atoms with van der Waals surface area (Å²) < 4.78 is 1.89. The Morgan fingerprint density at radius 3 is 2.30 bits per heavy atom. The fourth-order valence-electron chi connectivity index (χ4n) is 5.21. The molecule has 7 rings (SSSR count). The van der Waals surface area contributed by atoms with E-state index in [-0.39, 0.29) is 6.04 Å². The Labute approximate surface area is 246 Å². The predicted octanol–water partition coefficient (Wildman–Crippen LogP) is 8.94. The molecule has 3 heterocycles. The zero-order chi connectivity index (χ0) is 27.4. The van der Waals surface area contributed by atoms with E-state index in [1.54, 1.807) is 0 Å². The van der Waals surface area contributed by atoms with Gasteiger partial charge in [-0.25, -0.2) is 14.7 Å². The van der Waals surface area contributed by atoms with E-state index in [1.807, 2.05) is 103 Å². The van der Waals surface area contributed by atoms with Gasteiger partial charge in [-0.3, -0.25) is 0 Å². The molecule has 6 nitrogen and oxygen atoms in total. The van der Waals surface area contributed by atoms with Crippen LogP contribution in [0.1, 0.15) is 22.9 Å². The summed E-state index contributed by atoms with van der Waals surface area (Å²) in [5.41, 5.74) is 6.31. The van der Waals surface area contributed by atoms with Crippen molar-refractivity contribution in [3.05, 3.63) is 129 Å². The van der Waals surface area contributed by atoms with Gasteiger partial charge in [-0.1, -0.05) is 71.2 Å². The number of nitrogens with zero attached hydrogens (tertiary/aromatic N) is 5. The third-order valence-corrected chi connectivity index (χ3v) is 8.00. The number of fused-ring (bicyclic) bond motifs is 4. The Hall–Kier alpha value is -4.10. The molecular weight excluding hydrogens is 563 g/mol. The van der Waals surface area contributed by atoms with Crippen LogP contribution in [0.15, 0.2) is 107 Å². The van der Waals surface area contributed by atoms with Gasteiger partial charge < -0.3 is 10.2 Å². The average molecular weight is 584 g/mol. The Kier molecular flexibility index (Phi) is 6.12. The number of rotatable bonds is 3. The van der Waals surface area contributed by atoms with Gasteiger partial charge in [0.25, 0.3) is 0 Å². The largest absolute Gasteiger partial charge is 0.337 e. The van der Waals surface area contributed by atoms with E-state index >= 15 is 0 Å². The summed E-state index contributed by atoms with van der Waals surface area (Å²) in [6, 6.07) is 31.0. The lowest BCUT2D eigenvalue weighted by Gasteiger charge is -2.40. The summed E-state index contributed by atoms with van der Waals surface area (Å²) in [5, 5.41) is 10.1. The topological polar surface area (TPSA) is 57.8 Å². The molecule has 0 radical (unpaired) electrons. The highest BCUT2D eigenvalue weighted by atomic mass is 35.5. The van der Waals surface area contributed by atoms with Crippen molar-refractivity contribution >= 4 is 69.4 Å². The predicted molar refractivity (Wildman–Crippen MR) is 165 cm³/mol. The zero-order valence-corrected chi connectivity index (χ0v) is 23.5. The lowest BCUT2D eigenvalue weighted by atomic mass is 9.93. The minimum Gasteiger partial charge on any atom is -0.337 e. The van der Waals surface area contributed by atoms with E-state index in [2.05, 4.69) is 16.3 Å². The molecule has 0 spiro atoms. The van der Waals surface area contributed by atoms with Crippen molar-refractivity contribution in [1.29, 1.82) is 0 Å². The fraction of sp³-hybridized carbons (Fsp3) is 0.0645. The minimum atomic E-state index is -0.298. The van der Waals surface area contributed by atoms with Gasteiger partial charge in [-0.2, -0.15) is 5.10 Å². The Morgan fingerprint density at radius 2 is 1.52 bits per heavy atom. The number of anilines is 2. The maximum absolute atomic E-state index is 6.58. The standard InChI is InChI=1S/C31H21Cl3N6/c1-18-27-28(19-11-16-23(33)24(34)17-19)39-26-10-6-5-9-25(26)36-29(35-21-14-12-20(32)13-15-21)31(39)37-30(27)40(38-18)22-7-3-2-4-8-22/h2-17,28H,1H3,(H,35,36)/t28-/m0/s1. The monoisotopic (exact) mass is 582 g/mol. The highest BCUT2D eigenvalue weighted by Crippen LogP contribution is 2.48. The van der Waals surface area contributed by atoms with E-state index in [0.29, 0.717) is 26.7 Å². The van der Waals surface area contributed by atoms with Crippen molar-refractivity contribution in [3.63, 3.8) is 0 Å². The van der Waals surface area contributed by atoms with Crippen LogP contribution in [0.25, 0.3) is 5.69 Å². The molecule has 0 amide bonds. The first kappa shape index (κ1) is 24.9. The van der Waals surface area contributed by atoms with Gasteiger partial charge in [-0.15, -0.1) is 0 Å². The third-order valence-electron chi connectivity index (χ3n) is 7.01. The lowest BCUT2D eigenvalue weighted by molar-refractivity contribution is 0.815. The first-order valence-corrected chi connectivity index (χ1v) is 13.8. The summed E-state index contributed by atoms with van der Waals surface area (Å²) in [6.07, 6.45) is 0. The molecular formula is C31H21Cl3N6. The van der Waals surface area contributed by atoms with Gasteiger partial charge in [0.1, 0.15) is 0 Å². The van der Waals surface area contributed by atoms with Crippen LogP contribution in [0.4, 0.5) is 22.9 Å². The zero-order valence-electron chi connectivity index (χ0n) is 21.2. The van der Waals surface area contributed by atoms with E-state index < -0.39 is 0 Å². The first-order chi connectivity index (χ1) is 19.5. The van der Waals surface area contributed by atoms with Crippen LogP contribution in [-0.2, 0) is 0 Å². The number of aliphatic imine (C=N–C) groups is 2. The van der Waals surface area contributed by atoms with Crippen molar-refractivity contribution in [2.45, 2.75) is 13.0 Å². The average Bonchev–Trinajstić information content (AvgIpc) is 3.31. The second-order valence-electron chi connectivity index (χ2n) is 9.53. The van der Waals surface area contributed by atoms with Crippen molar-refractivity contribution in [2.24, 2.45) is 9.98 Å². The van der Waals surface area contributed by atoms with Crippen molar-refractivity contribution in [3.8, 4) is 5.69 Å². The fourth-order valence-corrected chi connectivity index (χ4v) is 5.65. The quantitative estimate of drug-likeness (QED) is 0.231. The van der Waals surface area contributed by atoms with Gasteiger partial charge in [-0.05, 0) is 73.2 Å². The molecule has 1 aromatic heterocycles. The summed E-state index contributed by atoms with van der Waals surface area (Å²) in [6.45, 7) is 2.01. The van der Waals surface area contributed by atoms with Crippen LogP contribution < -0.4 is 10.2 Å². The molecule has 2 aliphatic rings. The molecule has 1 atom stereocenters. The molecule has 0 bridgehead atoms. The number of amidine groups is 2. The summed E-state index contributed by atoms with van der Waals surface area (Å²) in [4.78, 5) is 12.5. The molecule has 40 heavy (non-hydrogen) atoms. The molecule has 2 aliphatic heterocycles. The number of aromatic nitrogens is 2. The van der Waals surface area contributed by atoms with Crippen molar-refractivity contribution < 1.29 is 0 Å². The molecule has 0 saturated heterocycles. The summed E-state index contributed by atoms with van der Waals surface area (Å²) in [7, 11) is 0. The molecule has 4 aromatic carbocycles. The molecule has 0 aliphatic carbocycles. The number of aryl methyl sites for hydroxylation is 1. The second kappa shape index (κ2) is 9.82. The first-order valence-electron chi connectivity index (χ1n) is 12.7. The Balaban J connectivity index is 1.50. The van der Waals surface area contributed by atoms with E-state index in [1.165, 1.54) is 0 Å². The third kappa shape index (κ3) is 4.16. The number of para-hydroxylation sites is 3. The number of halogens is 3. The lowest BCUT2D eigenvalue weighted by Crippen LogP contribution is -2.46. The van der Waals surface area contributed by atoms with E-state index in [9.17, 15) is 0 Å². The van der Waals surface area contributed by atoms with Gasteiger partial charge in [0, 0.05) is 16.3 Å². The number of nitrogens with one attached hydrogen (secondary N) is 1. The number of benzene rings is 4. The van der Waals surface area contributed by atoms with Crippen LogP contribution in [0.2, 0.25) is 15.1 Å². The highest BCUT2D eigenvalue weighted by Gasteiger charge is 2.41. The van der Waals surface area contributed by atoms with Crippen molar-refractivity contribution in [1.82, 2.24) is 9.78 Å². The normalized spacial score (nSPS) is 15.5. The van der Waals surface area contributed by atoms with Crippen LogP contribution in [0, 0.1) is 6.92 Å². The van der Waals surface area contributed by atoms with Crippen LogP contribution >= 0.6 is 34.8 Å². The maximum atomic E-state index is 6.58. The minimum absolute atomic E-state index is 0.298. The van der Waals surface area contributed by atoms with Gasteiger partial charge in [0.15, 0.2) is 17.5 Å². The van der Waals surface area contributed by atoms with E-state index in [4.69, 9.17) is 49.9 Å². The van der Waals surface area contributed by atoms with Gasteiger partial charge in [0.05, 0.1) is 38.8 Å². The van der Waals surface area contributed by atoms with Gasteiger partial charge >= 0.3 is 0 Å². The van der Waals surface area contributed by atoms with E-state index in [0.717, 1.165) is 45.4 Å². The molecule has 0 saturated carbocycles. The molecule has 0 fully saturated rings. The molecule has 9 heteroatoms. The van der Waals surface area contributed by atoms with Gasteiger partial charge in [0.2, 0.25) is 0 Å². The summed E-state index contributed by atoms with van der Waals surface area (Å²) in [5.74, 6) is 2.00. The number of hydrogen-bond donors (Lipinski definition) is 1. The van der Waals surface area contributed by atoms with Crippen LogP contribution in [-0.4, -0.2) is 21.5 Å². The van der Waals surface area contributed by atoms with Crippen LogP contribution in [0.5, 0.6) is 0 Å². The van der Waals surface area contributed by atoms with Crippen molar-refractivity contribution in [2.75, 3.05) is 10.2 Å². The molecule has 196 valence electrons. The molecule has 0 unspecified atom stereocenters. The maximum Gasteiger partial charge on any atom is 0.179 e. The Bertz CT molecular complexity index is 1830.